The fourth-order valence-corrected chi connectivity index (χ4v) is 2.48. The minimum absolute atomic E-state index is 0.0797. The van der Waals surface area contributed by atoms with Gasteiger partial charge in [0.2, 0.25) is 5.91 Å². The first-order valence-electron chi connectivity index (χ1n) is 7.61. The number of rotatable bonds is 5. The fourth-order valence-electron chi connectivity index (χ4n) is 2.48. The Balaban J connectivity index is 2.64. The molecule has 1 rings (SSSR count). The second kappa shape index (κ2) is 7.07. The first kappa shape index (κ1) is 17.0. The van der Waals surface area contributed by atoms with Crippen LogP contribution in [0.25, 0.3) is 0 Å². The molecule has 0 spiro atoms. The number of piperidine rings is 1. The minimum Gasteiger partial charge on any atom is -0.411 e. The molecule has 5 heteroatoms. The molecule has 0 aromatic carbocycles. The lowest BCUT2D eigenvalue weighted by Crippen LogP contribution is -2.54. The molecule has 2 atom stereocenters. The van der Waals surface area contributed by atoms with E-state index in [0.717, 1.165) is 38.1 Å². The predicted octanol–water partition coefficient (Wildman–Crippen LogP) is 2.24. The quantitative estimate of drug-likeness (QED) is 0.601. The molecule has 0 bridgehead atoms. The van der Waals surface area contributed by atoms with E-state index in [9.17, 15) is 4.79 Å². The van der Waals surface area contributed by atoms with E-state index in [0.29, 0.717) is 0 Å². The van der Waals surface area contributed by atoms with E-state index in [1.807, 2.05) is 20.8 Å². The Bertz CT molecular complexity index is 366. The summed E-state index contributed by atoms with van der Waals surface area (Å²) in [6.07, 6.45) is 2.58. The van der Waals surface area contributed by atoms with Gasteiger partial charge in [0.1, 0.15) is 0 Å². The molecule has 116 valence electrons. The van der Waals surface area contributed by atoms with Gasteiger partial charge in [-0.2, -0.15) is 0 Å². The van der Waals surface area contributed by atoms with Crippen molar-refractivity contribution in [1.82, 2.24) is 10.2 Å². The zero-order valence-corrected chi connectivity index (χ0v) is 13.4. The first-order valence-corrected chi connectivity index (χ1v) is 7.61. The molecule has 0 saturated carbocycles. The van der Waals surface area contributed by atoms with Crippen molar-refractivity contribution in [3.8, 4) is 0 Å². The molecule has 1 aliphatic heterocycles. The lowest BCUT2D eigenvalue weighted by Gasteiger charge is -2.37. The van der Waals surface area contributed by atoms with Crippen LogP contribution in [0.15, 0.2) is 5.16 Å². The maximum Gasteiger partial charge on any atom is 0.237 e. The molecule has 20 heavy (non-hydrogen) atoms. The second-order valence-corrected chi connectivity index (χ2v) is 6.34. The number of hydrogen-bond donors (Lipinski definition) is 2. The summed E-state index contributed by atoms with van der Waals surface area (Å²) in [5.41, 5.74) is 0.702. The van der Waals surface area contributed by atoms with Crippen LogP contribution in [0, 0.1) is 5.92 Å². The molecule has 1 fully saturated rings. The second-order valence-electron chi connectivity index (χ2n) is 6.34. The molecule has 1 amide bonds. The van der Waals surface area contributed by atoms with E-state index >= 15 is 0 Å². The van der Waals surface area contributed by atoms with Crippen molar-refractivity contribution in [3.05, 3.63) is 0 Å². The number of nitrogens with one attached hydrogen (secondary N) is 1. The Kier molecular flexibility index (Phi) is 5.99. The van der Waals surface area contributed by atoms with Crippen LogP contribution in [-0.4, -0.2) is 46.4 Å². The summed E-state index contributed by atoms with van der Waals surface area (Å²) in [7, 11) is 0. The van der Waals surface area contributed by atoms with Gasteiger partial charge in [-0.1, -0.05) is 19.0 Å². The van der Waals surface area contributed by atoms with Crippen LogP contribution in [0.4, 0.5) is 0 Å². The molecule has 2 N–H and O–H groups in total. The number of oxime groups is 1. The van der Waals surface area contributed by atoms with Crippen LogP contribution in [0.2, 0.25) is 0 Å². The van der Waals surface area contributed by atoms with Crippen molar-refractivity contribution < 1.29 is 10.0 Å². The van der Waals surface area contributed by atoms with Gasteiger partial charge in [-0.05, 0) is 33.6 Å². The summed E-state index contributed by atoms with van der Waals surface area (Å²) in [4.78, 5) is 14.5. The van der Waals surface area contributed by atoms with Crippen molar-refractivity contribution in [1.29, 1.82) is 0 Å². The fraction of sp³-hybridized carbons (Fsp3) is 0.867. The normalized spacial score (nSPS) is 24.6. The predicted molar refractivity (Wildman–Crippen MR) is 81.2 cm³/mol. The third-order valence-electron chi connectivity index (χ3n) is 4.48. The molecule has 5 nitrogen and oxygen atoms in total. The van der Waals surface area contributed by atoms with Gasteiger partial charge in [0.15, 0.2) is 0 Å². The van der Waals surface area contributed by atoms with E-state index < -0.39 is 0 Å². The molecule has 1 heterocycles. The van der Waals surface area contributed by atoms with Crippen LogP contribution in [-0.2, 0) is 4.79 Å². The first-order chi connectivity index (χ1) is 9.34. The van der Waals surface area contributed by atoms with Crippen molar-refractivity contribution >= 4 is 11.6 Å². The maximum atomic E-state index is 12.3. The highest BCUT2D eigenvalue weighted by atomic mass is 16.4. The third kappa shape index (κ3) is 4.20. The van der Waals surface area contributed by atoms with Gasteiger partial charge in [-0.25, -0.2) is 0 Å². The van der Waals surface area contributed by atoms with Gasteiger partial charge in [-0.15, -0.1) is 0 Å². The van der Waals surface area contributed by atoms with Crippen LogP contribution in [0.1, 0.15) is 53.9 Å². The van der Waals surface area contributed by atoms with Gasteiger partial charge in [0.05, 0.1) is 11.8 Å². The number of carbonyl (C=O) groups is 1. The molecule has 2 unspecified atom stereocenters. The molecule has 0 aromatic rings. The Morgan fingerprint density at radius 3 is 2.70 bits per heavy atom. The zero-order chi connectivity index (χ0) is 15.3. The molecule has 0 aromatic heterocycles. The number of carbonyl (C=O) groups excluding carboxylic acids is 1. The maximum absolute atomic E-state index is 12.3. The molecule has 1 saturated heterocycles. The van der Waals surface area contributed by atoms with Crippen molar-refractivity contribution in [2.45, 2.75) is 65.5 Å². The average Bonchev–Trinajstić information content (AvgIpc) is 2.45. The Morgan fingerprint density at radius 1 is 1.55 bits per heavy atom. The standard InChI is InChI=1S/C15H29N3O2/c1-6-12-10-18(9-8-13(12)17-20)11(3)14(19)16-15(4,5)7-2/h11-12,20H,6-10H2,1-5H3,(H,16,19). The molecular formula is C15H29N3O2. The van der Waals surface area contributed by atoms with Crippen molar-refractivity contribution in [2.24, 2.45) is 11.1 Å². The zero-order valence-electron chi connectivity index (χ0n) is 13.4. The van der Waals surface area contributed by atoms with E-state index in [1.54, 1.807) is 0 Å². The molecule has 0 radical (unpaired) electrons. The Morgan fingerprint density at radius 2 is 2.20 bits per heavy atom. The summed E-state index contributed by atoms with van der Waals surface area (Å²) in [5, 5.41) is 15.5. The van der Waals surface area contributed by atoms with Crippen molar-refractivity contribution in [2.75, 3.05) is 13.1 Å². The summed E-state index contributed by atoms with van der Waals surface area (Å²) in [6.45, 7) is 11.8. The van der Waals surface area contributed by atoms with Gasteiger partial charge < -0.3 is 10.5 Å². The number of nitrogens with zero attached hydrogens (tertiary/aromatic N) is 2. The number of amides is 1. The molecule has 1 aliphatic rings. The van der Waals surface area contributed by atoms with E-state index in [4.69, 9.17) is 5.21 Å². The van der Waals surface area contributed by atoms with Crippen LogP contribution in [0.3, 0.4) is 0 Å². The number of likely N-dealkylation sites (tertiary alicyclic amines) is 1. The minimum atomic E-state index is -0.164. The third-order valence-corrected chi connectivity index (χ3v) is 4.48. The lowest BCUT2D eigenvalue weighted by molar-refractivity contribution is -0.127. The highest BCUT2D eigenvalue weighted by molar-refractivity contribution is 5.88. The largest absolute Gasteiger partial charge is 0.411 e. The van der Waals surface area contributed by atoms with E-state index in [2.05, 4.69) is 29.2 Å². The van der Waals surface area contributed by atoms with Crippen LogP contribution >= 0.6 is 0 Å². The molecule has 0 aliphatic carbocycles. The highest BCUT2D eigenvalue weighted by Gasteiger charge is 2.31. The highest BCUT2D eigenvalue weighted by Crippen LogP contribution is 2.20. The van der Waals surface area contributed by atoms with Crippen LogP contribution in [0.5, 0.6) is 0 Å². The van der Waals surface area contributed by atoms with Gasteiger partial charge in [-0.3, -0.25) is 9.69 Å². The average molecular weight is 283 g/mol. The van der Waals surface area contributed by atoms with Gasteiger partial charge in [0.25, 0.3) is 0 Å². The topological polar surface area (TPSA) is 64.9 Å². The van der Waals surface area contributed by atoms with E-state index in [-0.39, 0.29) is 23.4 Å². The van der Waals surface area contributed by atoms with Gasteiger partial charge in [0, 0.05) is 31.0 Å². The summed E-state index contributed by atoms with van der Waals surface area (Å²) < 4.78 is 0. The monoisotopic (exact) mass is 283 g/mol. The Hall–Kier alpha value is -1.10. The number of hydrogen-bond acceptors (Lipinski definition) is 4. The van der Waals surface area contributed by atoms with Crippen molar-refractivity contribution in [3.63, 3.8) is 0 Å². The summed E-state index contributed by atoms with van der Waals surface area (Å²) in [5.74, 6) is 0.333. The SMILES string of the molecule is CCC1CN(C(C)C(=O)NC(C)(C)CC)CCC1=NO. The Labute approximate surface area is 122 Å². The van der Waals surface area contributed by atoms with E-state index in [1.165, 1.54) is 0 Å². The van der Waals surface area contributed by atoms with Crippen LogP contribution < -0.4 is 5.32 Å². The summed E-state index contributed by atoms with van der Waals surface area (Å²) in [6, 6.07) is -0.143. The summed E-state index contributed by atoms with van der Waals surface area (Å²) >= 11 is 0. The molecular weight excluding hydrogens is 254 g/mol. The smallest absolute Gasteiger partial charge is 0.237 e. The lowest BCUT2D eigenvalue weighted by atomic mass is 9.92. The van der Waals surface area contributed by atoms with Gasteiger partial charge >= 0.3 is 0 Å².